The SMILES string of the molecule is O=C(O)C1CCCCN1Cc1nc(-c2ccccc2)cs1. The standard InChI is InChI=1S/C16H18N2O2S/c19-16(20)14-8-4-5-9-18(14)10-15-17-13(11-21-15)12-6-2-1-3-7-12/h1-3,6-7,11,14H,4-5,8-10H2,(H,19,20). The maximum Gasteiger partial charge on any atom is 0.320 e. The number of aliphatic carboxylic acids is 1. The summed E-state index contributed by atoms with van der Waals surface area (Å²) in [5.74, 6) is -0.713. The van der Waals surface area contributed by atoms with Crippen LogP contribution in [-0.4, -0.2) is 33.5 Å². The molecule has 0 radical (unpaired) electrons. The fourth-order valence-corrected chi connectivity index (χ4v) is 3.59. The second-order valence-electron chi connectivity index (χ2n) is 5.31. The Morgan fingerprint density at radius 2 is 2.14 bits per heavy atom. The zero-order valence-corrected chi connectivity index (χ0v) is 12.6. The van der Waals surface area contributed by atoms with Gasteiger partial charge in [0.15, 0.2) is 0 Å². The van der Waals surface area contributed by atoms with E-state index in [4.69, 9.17) is 0 Å². The summed E-state index contributed by atoms with van der Waals surface area (Å²) in [5.41, 5.74) is 2.08. The lowest BCUT2D eigenvalue weighted by Gasteiger charge is -2.31. The Kier molecular flexibility index (Phi) is 4.31. The zero-order chi connectivity index (χ0) is 14.7. The van der Waals surface area contributed by atoms with E-state index in [-0.39, 0.29) is 6.04 Å². The predicted molar refractivity (Wildman–Crippen MR) is 83.2 cm³/mol. The van der Waals surface area contributed by atoms with Gasteiger partial charge in [0, 0.05) is 10.9 Å². The van der Waals surface area contributed by atoms with E-state index in [1.165, 1.54) is 0 Å². The Hall–Kier alpha value is -1.72. The fraction of sp³-hybridized carbons (Fsp3) is 0.375. The van der Waals surface area contributed by atoms with Crippen LogP contribution in [0.3, 0.4) is 0 Å². The van der Waals surface area contributed by atoms with Gasteiger partial charge in [0.1, 0.15) is 11.0 Å². The number of benzene rings is 1. The Bertz CT molecular complexity index is 612. The van der Waals surface area contributed by atoms with Gasteiger partial charge in [0.2, 0.25) is 0 Å². The Morgan fingerprint density at radius 1 is 1.33 bits per heavy atom. The van der Waals surface area contributed by atoms with E-state index in [1.807, 2.05) is 40.6 Å². The number of piperidine rings is 1. The molecule has 110 valence electrons. The summed E-state index contributed by atoms with van der Waals surface area (Å²) in [7, 11) is 0. The molecular formula is C16H18N2O2S. The third-order valence-electron chi connectivity index (χ3n) is 3.86. The first-order valence-corrected chi connectivity index (χ1v) is 8.08. The van der Waals surface area contributed by atoms with Crippen LogP contribution in [0.15, 0.2) is 35.7 Å². The second kappa shape index (κ2) is 6.37. The summed E-state index contributed by atoms with van der Waals surface area (Å²) in [6.07, 6.45) is 2.81. The summed E-state index contributed by atoms with van der Waals surface area (Å²) in [6.45, 7) is 1.48. The maximum absolute atomic E-state index is 11.3. The van der Waals surface area contributed by atoms with Crippen LogP contribution in [0.2, 0.25) is 0 Å². The predicted octanol–water partition coefficient (Wildman–Crippen LogP) is 3.25. The van der Waals surface area contributed by atoms with Gasteiger partial charge in [-0.15, -0.1) is 11.3 Å². The molecule has 2 heterocycles. The number of carboxylic acid groups (broad SMARTS) is 1. The maximum atomic E-state index is 11.3. The van der Waals surface area contributed by atoms with E-state index < -0.39 is 5.97 Å². The molecule has 1 N–H and O–H groups in total. The van der Waals surface area contributed by atoms with Crippen LogP contribution in [-0.2, 0) is 11.3 Å². The highest BCUT2D eigenvalue weighted by molar-refractivity contribution is 7.09. The summed E-state index contributed by atoms with van der Waals surface area (Å²) in [6, 6.07) is 9.71. The van der Waals surface area contributed by atoms with Crippen LogP contribution in [0.5, 0.6) is 0 Å². The van der Waals surface area contributed by atoms with Crippen molar-refractivity contribution in [2.24, 2.45) is 0 Å². The van der Waals surface area contributed by atoms with E-state index >= 15 is 0 Å². The van der Waals surface area contributed by atoms with Crippen molar-refractivity contribution in [1.29, 1.82) is 0 Å². The Balaban J connectivity index is 1.73. The molecule has 0 bridgehead atoms. The largest absolute Gasteiger partial charge is 0.480 e. The van der Waals surface area contributed by atoms with Gasteiger partial charge in [-0.05, 0) is 19.4 Å². The van der Waals surface area contributed by atoms with Crippen molar-refractivity contribution in [3.63, 3.8) is 0 Å². The lowest BCUT2D eigenvalue weighted by Crippen LogP contribution is -2.43. The molecule has 1 aliphatic heterocycles. The van der Waals surface area contributed by atoms with Gasteiger partial charge in [0.05, 0.1) is 12.2 Å². The molecule has 0 saturated carbocycles. The molecule has 1 atom stereocenters. The van der Waals surface area contributed by atoms with Gasteiger partial charge >= 0.3 is 5.97 Å². The molecule has 1 aromatic carbocycles. The van der Waals surface area contributed by atoms with Crippen molar-refractivity contribution in [3.8, 4) is 11.3 Å². The molecule has 3 rings (SSSR count). The van der Waals surface area contributed by atoms with E-state index in [0.717, 1.165) is 42.1 Å². The van der Waals surface area contributed by atoms with Gasteiger partial charge in [-0.3, -0.25) is 9.69 Å². The Morgan fingerprint density at radius 3 is 2.90 bits per heavy atom. The molecule has 1 unspecified atom stereocenters. The van der Waals surface area contributed by atoms with Gasteiger partial charge in [-0.1, -0.05) is 36.8 Å². The molecule has 2 aromatic rings. The number of aromatic nitrogens is 1. The number of hydrogen-bond donors (Lipinski definition) is 1. The van der Waals surface area contributed by atoms with Crippen molar-refractivity contribution >= 4 is 17.3 Å². The van der Waals surface area contributed by atoms with E-state index in [0.29, 0.717) is 6.54 Å². The van der Waals surface area contributed by atoms with Crippen molar-refractivity contribution in [2.45, 2.75) is 31.8 Å². The lowest BCUT2D eigenvalue weighted by molar-refractivity contribution is -0.144. The molecular weight excluding hydrogens is 284 g/mol. The molecule has 21 heavy (non-hydrogen) atoms. The number of nitrogens with zero attached hydrogens (tertiary/aromatic N) is 2. The first-order chi connectivity index (χ1) is 10.2. The highest BCUT2D eigenvalue weighted by Crippen LogP contribution is 2.25. The van der Waals surface area contributed by atoms with Crippen LogP contribution < -0.4 is 0 Å². The van der Waals surface area contributed by atoms with Crippen molar-refractivity contribution in [3.05, 3.63) is 40.7 Å². The number of hydrogen-bond acceptors (Lipinski definition) is 4. The van der Waals surface area contributed by atoms with Crippen molar-refractivity contribution in [1.82, 2.24) is 9.88 Å². The van der Waals surface area contributed by atoms with Gasteiger partial charge in [0.25, 0.3) is 0 Å². The molecule has 4 nitrogen and oxygen atoms in total. The molecule has 1 saturated heterocycles. The van der Waals surface area contributed by atoms with Crippen LogP contribution in [0, 0.1) is 0 Å². The van der Waals surface area contributed by atoms with E-state index in [9.17, 15) is 9.90 Å². The first-order valence-electron chi connectivity index (χ1n) is 7.21. The molecule has 1 aromatic heterocycles. The molecule has 1 fully saturated rings. The highest BCUT2D eigenvalue weighted by Gasteiger charge is 2.28. The summed E-state index contributed by atoms with van der Waals surface area (Å²) in [4.78, 5) is 18.0. The summed E-state index contributed by atoms with van der Waals surface area (Å²) < 4.78 is 0. The minimum Gasteiger partial charge on any atom is -0.480 e. The fourth-order valence-electron chi connectivity index (χ4n) is 2.76. The van der Waals surface area contributed by atoms with E-state index in [2.05, 4.69) is 4.98 Å². The molecule has 0 amide bonds. The van der Waals surface area contributed by atoms with Gasteiger partial charge < -0.3 is 5.11 Å². The van der Waals surface area contributed by atoms with Crippen LogP contribution in [0.4, 0.5) is 0 Å². The van der Waals surface area contributed by atoms with Crippen molar-refractivity contribution in [2.75, 3.05) is 6.54 Å². The molecule has 0 spiro atoms. The summed E-state index contributed by atoms with van der Waals surface area (Å²) in [5, 5.41) is 12.3. The minimum absolute atomic E-state index is 0.358. The average molecular weight is 302 g/mol. The monoisotopic (exact) mass is 302 g/mol. The third kappa shape index (κ3) is 3.31. The average Bonchev–Trinajstić information content (AvgIpc) is 2.97. The normalized spacial score (nSPS) is 19.5. The van der Waals surface area contributed by atoms with Crippen LogP contribution in [0.1, 0.15) is 24.3 Å². The number of rotatable bonds is 4. The topological polar surface area (TPSA) is 53.4 Å². The van der Waals surface area contributed by atoms with Crippen molar-refractivity contribution < 1.29 is 9.90 Å². The highest BCUT2D eigenvalue weighted by atomic mass is 32.1. The van der Waals surface area contributed by atoms with Gasteiger partial charge in [-0.25, -0.2) is 4.98 Å². The van der Waals surface area contributed by atoms with E-state index in [1.54, 1.807) is 11.3 Å². The van der Waals surface area contributed by atoms with Crippen LogP contribution in [0.25, 0.3) is 11.3 Å². The zero-order valence-electron chi connectivity index (χ0n) is 11.7. The number of likely N-dealkylation sites (tertiary alicyclic amines) is 1. The molecule has 5 heteroatoms. The second-order valence-corrected chi connectivity index (χ2v) is 6.26. The number of carboxylic acids is 1. The van der Waals surface area contributed by atoms with Crippen LogP contribution >= 0.6 is 11.3 Å². The quantitative estimate of drug-likeness (QED) is 0.942. The third-order valence-corrected chi connectivity index (χ3v) is 4.69. The molecule has 1 aliphatic rings. The molecule has 0 aliphatic carbocycles. The Labute approximate surface area is 128 Å². The first kappa shape index (κ1) is 14.2. The lowest BCUT2D eigenvalue weighted by atomic mass is 10.0. The van der Waals surface area contributed by atoms with Gasteiger partial charge in [-0.2, -0.15) is 0 Å². The number of carbonyl (C=O) groups is 1. The smallest absolute Gasteiger partial charge is 0.320 e. The number of thiazole rings is 1. The minimum atomic E-state index is -0.713. The summed E-state index contributed by atoms with van der Waals surface area (Å²) >= 11 is 1.61.